The lowest BCUT2D eigenvalue weighted by Crippen LogP contribution is -2.52. The molecule has 0 aromatic carbocycles. The van der Waals surface area contributed by atoms with Gasteiger partial charge in [-0.05, 0) is 19.3 Å². The summed E-state index contributed by atoms with van der Waals surface area (Å²) < 4.78 is 1.85. The van der Waals surface area contributed by atoms with Crippen LogP contribution in [0.2, 0.25) is 0 Å². The largest absolute Gasteiger partial charge is 0.340 e. The predicted molar refractivity (Wildman–Crippen MR) is 109 cm³/mol. The smallest absolute Gasteiger partial charge is 0.247 e. The maximum absolute atomic E-state index is 12.8. The molecule has 1 aliphatic carbocycles. The Balaban J connectivity index is 1.60. The van der Waals surface area contributed by atoms with E-state index in [1.54, 1.807) is 24.8 Å². The predicted octanol–water partition coefficient (Wildman–Crippen LogP) is 2.92. The molecule has 9 heteroatoms. The molecule has 1 atom stereocenters. The summed E-state index contributed by atoms with van der Waals surface area (Å²) in [5, 5.41) is 9.84. The van der Waals surface area contributed by atoms with Crippen molar-refractivity contribution in [1.29, 1.82) is 0 Å². The Morgan fingerprint density at radius 2 is 2.07 bits per heavy atom. The van der Waals surface area contributed by atoms with Crippen LogP contribution in [0.4, 0.5) is 11.5 Å². The minimum Gasteiger partial charge on any atom is -0.340 e. The number of H-pyrrole nitrogens is 1. The van der Waals surface area contributed by atoms with Crippen molar-refractivity contribution in [3.63, 3.8) is 0 Å². The van der Waals surface area contributed by atoms with E-state index in [1.807, 2.05) is 10.8 Å². The normalized spacial score (nSPS) is 19.4. The molecule has 0 saturated heterocycles. The van der Waals surface area contributed by atoms with Crippen molar-refractivity contribution in [1.82, 2.24) is 29.7 Å². The van der Waals surface area contributed by atoms with E-state index >= 15 is 0 Å². The van der Waals surface area contributed by atoms with Crippen LogP contribution in [0.3, 0.4) is 0 Å². The molecule has 1 fully saturated rings. The van der Waals surface area contributed by atoms with E-state index in [1.165, 1.54) is 12.8 Å². The SMILES string of the molecule is CCC[C@@H]1C(=O)Nc2cnc(-n3ccnc3-c3cn[nH]c3)nc2N1C1CCCC1. The highest BCUT2D eigenvalue weighted by Crippen LogP contribution is 2.38. The summed E-state index contributed by atoms with van der Waals surface area (Å²) >= 11 is 0. The molecular weight excluding hydrogens is 368 g/mol. The summed E-state index contributed by atoms with van der Waals surface area (Å²) in [5.74, 6) is 2.11. The molecule has 0 unspecified atom stereocenters. The number of fused-ring (bicyclic) bond motifs is 1. The van der Waals surface area contributed by atoms with Crippen molar-refractivity contribution in [3.8, 4) is 17.3 Å². The molecule has 150 valence electrons. The third kappa shape index (κ3) is 3.06. The van der Waals surface area contributed by atoms with E-state index in [2.05, 4.69) is 37.3 Å². The number of carbonyl (C=O) groups is 1. The van der Waals surface area contributed by atoms with Crippen molar-refractivity contribution >= 4 is 17.4 Å². The van der Waals surface area contributed by atoms with Gasteiger partial charge in [-0.15, -0.1) is 0 Å². The molecule has 1 amide bonds. The van der Waals surface area contributed by atoms with E-state index in [-0.39, 0.29) is 11.9 Å². The van der Waals surface area contributed by atoms with Gasteiger partial charge in [0.25, 0.3) is 0 Å². The molecule has 29 heavy (non-hydrogen) atoms. The van der Waals surface area contributed by atoms with Crippen molar-refractivity contribution in [2.24, 2.45) is 0 Å². The minimum atomic E-state index is -0.186. The number of nitrogens with one attached hydrogen (secondary N) is 2. The Hall–Kier alpha value is -3.23. The number of carbonyl (C=O) groups excluding carboxylic acids is 1. The fourth-order valence-corrected chi connectivity index (χ4v) is 4.46. The van der Waals surface area contributed by atoms with Gasteiger partial charge in [-0.1, -0.05) is 26.2 Å². The molecule has 9 nitrogen and oxygen atoms in total. The van der Waals surface area contributed by atoms with Gasteiger partial charge in [0.05, 0.1) is 18.0 Å². The monoisotopic (exact) mass is 392 g/mol. The van der Waals surface area contributed by atoms with Gasteiger partial charge in [0.1, 0.15) is 17.6 Å². The Morgan fingerprint density at radius 1 is 1.21 bits per heavy atom. The Bertz CT molecular complexity index is 1010. The molecule has 0 spiro atoms. The average molecular weight is 392 g/mol. The summed E-state index contributed by atoms with van der Waals surface area (Å²) in [4.78, 5) is 28.9. The molecule has 0 bridgehead atoms. The summed E-state index contributed by atoms with van der Waals surface area (Å²) in [6.07, 6.45) is 15.1. The standard InChI is InChI=1S/C20H24N8O/c1-2-5-16-19(29)25-15-12-22-20(26-18(15)28(16)14-6-3-4-7-14)27-9-8-21-17(27)13-10-23-24-11-13/h8-12,14,16H,2-7H2,1H3,(H,23,24)(H,25,29)/t16-/m1/s1. The second-order valence-electron chi connectivity index (χ2n) is 7.65. The van der Waals surface area contributed by atoms with Gasteiger partial charge >= 0.3 is 0 Å². The molecule has 2 aliphatic rings. The number of amides is 1. The molecule has 3 aromatic rings. The first-order valence-corrected chi connectivity index (χ1v) is 10.3. The zero-order valence-corrected chi connectivity index (χ0v) is 16.4. The van der Waals surface area contributed by atoms with Gasteiger partial charge < -0.3 is 10.2 Å². The second kappa shape index (κ2) is 7.31. The first-order chi connectivity index (χ1) is 14.3. The molecule has 3 aromatic heterocycles. The quantitative estimate of drug-likeness (QED) is 0.692. The lowest BCUT2D eigenvalue weighted by molar-refractivity contribution is -0.118. The molecule has 1 aliphatic heterocycles. The number of rotatable bonds is 5. The molecular formula is C20H24N8O. The van der Waals surface area contributed by atoms with Gasteiger partial charge in [0, 0.05) is 24.6 Å². The molecule has 0 radical (unpaired) electrons. The van der Waals surface area contributed by atoms with Crippen LogP contribution in [0.1, 0.15) is 45.4 Å². The Kier molecular flexibility index (Phi) is 4.49. The van der Waals surface area contributed by atoms with E-state index in [0.29, 0.717) is 17.7 Å². The molecule has 4 heterocycles. The van der Waals surface area contributed by atoms with Crippen LogP contribution in [-0.4, -0.2) is 47.7 Å². The number of hydrogen-bond acceptors (Lipinski definition) is 6. The van der Waals surface area contributed by atoms with Crippen LogP contribution in [0, 0.1) is 0 Å². The average Bonchev–Trinajstić information content (AvgIpc) is 3.49. The molecule has 2 N–H and O–H groups in total. The maximum atomic E-state index is 12.8. The topological polar surface area (TPSA) is 105 Å². The van der Waals surface area contributed by atoms with E-state index in [4.69, 9.17) is 4.98 Å². The number of imidazole rings is 1. The highest BCUT2D eigenvalue weighted by atomic mass is 16.2. The van der Waals surface area contributed by atoms with Crippen molar-refractivity contribution in [3.05, 3.63) is 31.0 Å². The Morgan fingerprint density at radius 3 is 2.83 bits per heavy atom. The molecule has 1 saturated carbocycles. The highest BCUT2D eigenvalue weighted by Gasteiger charge is 2.39. The van der Waals surface area contributed by atoms with Crippen molar-refractivity contribution in [2.45, 2.75) is 57.5 Å². The van der Waals surface area contributed by atoms with Gasteiger partial charge in [0.15, 0.2) is 5.82 Å². The lowest BCUT2D eigenvalue weighted by Gasteiger charge is -2.40. The van der Waals surface area contributed by atoms with E-state index in [9.17, 15) is 4.79 Å². The number of hydrogen-bond donors (Lipinski definition) is 2. The van der Waals surface area contributed by atoms with Crippen LogP contribution in [-0.2, 0) is 4.79 Å². The summed E-state index contributed by atoms with van der Waals surface area (Å²) in [5.41, 5.74) is 1.55. The fraction of sp³-hybridized carbons (Fsp3) is 0.450. The summed E-state index contributed by atoms with van der Waals surface area (Å²) in [6, 6.07) is 0.157. The number of aromatic amines is 1. The first kappa shape index (κ1) is 17.8. The summed E-state index contributed by atoms with van der Waals surface area (Å²) in [6.45, 7) is 2.11. The third-order valence-corrected chi connectivity index (χ3v) is 5.79. The van der Waals surface area contributed by atoms with E-state index in [0.717, 1.165) is 42.9 Å². The Labute approximate surface area is 168 Å². The van der Waals surface area contributed by atoms with Gasteiger partial charge in [0.2, 0.25) is 11.9 Å². The zero-order chi connectivity index (χ0) is 19.8. The van der Waals surface area contributed by atoms with Crippen LogP contribution in [0.15, 0.2) is 31.0 Å². The minimum absolute atomic E-state index is 0.0457. The van der Waals surface area contributed by atoms with Gasteiger partial charge in [-0.2, -0.15) is 10.1 Å². The second-order valence-corrected chi connectivity index (χ2v) is 7.65. The zero-order valence-electron chi connectivity index (χ0n) is 16.4. The van der Waals surface area contributed by atoms with Crippen molar-refractivity contribution in [2.75, 3.05) is 10.2 Å². The summed E-state index contributed by atoms with van der Waals surface area (Å²) in [7, 11) is 0. The van der Waals surface area contributed by atoms with Gasteiger partial charge in [-0.25, -0.2) is 9.97 Å². The van der Waals surface area contributed by atoms with Gasteiger partial charge in [-0.3, -0.25) is 14.5 Å². The van der Waals surface area contributed by atoms with E-state index < -0.39 is 0 Å². The fourth-order valence-electron chi connectivity index (χ4n) is 4.46. The number of nitrogens with zero attached hydrogens (tertiary/aromatic N) is 6. The van der Waals surface area contributed by atoms with Crippen LogP contribution < -0.4 is 10.2 Å². The number of anilines is 2. The number of aromatic nitrogens is 6. The molecule has 5 rings (SSSR count). The maximum Gasteiger partial charge on any atom is 0.247 e. The lowest BCUT2D eigenvalue weighted by atomic mass is 10.0. The van der Waals surface area contributed by atoms with Crippen LogP contribution in [0.25, 0.3) is 17.3 Å². The highest BCUT2D eigenvalue weighted by molar-refractivity contribution is 6.02. The van der Waals surface area contributed by atoms with Crippen LogP contribution >= 0.6 is 0 Å². The van der Waals surface area contributed by atoms with Crippen LogP contribution in [0.5, 0.6) is 0 Å². The van der Waals surface area contributed by atoms with Crippen molar-refractivity contribution < 1.29 is 4.79 Å². The third-order valence-electron chi connectivity index (χ3n) is 5.79. The first-order valence-electron chi connectivity index (χ1n) is 10.3.